The van der Waals surface area contributed by atoms with Crippen LogP contribution in [-0.2, 0) is 4.79 Å². The minimum absolute atomic E-state index is 0.383. The van der Waals surface area contributed by atoms with E-state index in [2.05, 4.69) is 5.32 Å². The number of nitrogens with one attached hydrogen (secondary N) is 1. The van der Waals surface area contributed by atoms with Crippen LogP contribution in [0.5, 0.6) is 0 Å². The van der Waals surface area contributed by atoms with E-state index in [1.165, 1.54) is 19.3 Å². The van der Waals surface area contributed by atoms with Crippen LogP contribution in [0.15, 0.2) is 0 Å². The van der Waals surface area contributed by atoms with Crippen molar-refractivity contribution in [1.29, 1.82) is 0 Å². The predicted octanol–water partition coefficient (Wildman–Crippen LogP) is 0.718. The molecule has 0 radical (unpaired) electrons. The van der Waals surface area contributed by atoms with Gasteiger partial charge in [0.1, 0.15) is 0 Å². The number of Topliss-reactive ketones (excluding diaryl/α,β-unsaturated/α-hetero) is 1. The largest absolute Gasteiger partial charge is 0.306 e. The van der Waals surface area contributed by atoms with Gasteiger partial charge in [-0.1, -0.05) is 12.8 Å². The third-order valence-electron chi connectivity index (χ3n) is 2.72. The number of rotatable bonds is 0. The highest BCUT2D eigenvalue weighted by Gasteiger charge is 2.35. The van der Waals surface area contributed by atoms with E-state index in [-0.39, 0.29) is 0 Å². The van der Waals surface area contributed by atoms with Crippen LogP contribution in [-0.4, -0.2) is 18.4 Å². The first-order valence-electron chi connectivity index (χ1n) is 4.14. The average molecular weight is 139 g/mol. The molecule has 2 rings (SSSR count). The quantitative estimate of drug-likeness (QED) is 0.535. The maximum absolute atomic E-state index is 11.1. The van der Waals surface area contributed by atoms with Gasteiger partial charge >= 0.3 is 0 Å². The Bertz CT molecular complexity index is 155. The Morgan fingerprint density at radius 1 is 1.30 bits per heavy atom. The van der Waals surface area contributed by atoms with Crippen molar-refractivity contribution in [2.45, 2.75) is 31.7 Å². The molecular weight excluding hydrogens is 126 g/mol. The van der Waals surface area contributed by atoms with Crippen LogP contribution in [0.2, 0.25) is 0 Å². The fraction of sp³-hybridized carbons (Fsp3) is 0.875. The molecule has 1 saturated carbocycles. The summed E-state index contributed by atoms with van der Waals surface area (Å²) in [4.78, 5) is 11.1. The number of carbonyl (C=O) groups is 1. The molecule has 0 bridgehead atoms. The van der Waals surface area contributed by atoms with E-state index in [4.69, 9.17) is 0 Å². The molecule has 2 aliphatic rings. The molecule has 1 N–H and O–H groups in total. The molecule has 56 valence electrons. The number of hydrogen-bond donors (Lipinski definition) is 1. The van der Waals surface area contributed by atoms with Crippen LogP contribution in [0.4, 0.5) is 0 Å². The molecule has 0 aromatic heterocycles. The molecule has 0 aromatic rings. The van der Waals surface area contributed by atoms with Gasteiger partial charge in [-0.05, 0) is 12.8 Å². The fourth-order valence-electron chi connectivity index (χ4n) is 2.12. The highest BCUT2D eigenvalue weighted by Crippen LogP contribution is 2.27. The molecule has 2 atom stereocenters. The van der Waals surface area contributed by atoms with Gasteiger partial charge in [-0.2, -0.15) is 0 Å². The first-order chi connectivity index (χ1) is 4.88. The average Bonchev–Trinajstić information content (AvgIpc) is 2.34. The molecule has 2 heteroatoms. The second kappa shape index (κ2) is 2.35. The number of fused-ring (bicyclic) bond motifs is 1. The summed E-state index contributed by atoms with van der Waals surface area (Å²) in [7, 11) is 0. The molecule has 2 fully saturated rings. The van der Waals surface area contributed by atoms with Crippen molar-refractivity contribution in [2.75, 3.05) is 6.54 Å². The first kappa shape index (κ1) is 6.35. The van der Waals surface area contributed by atoms with Crippen LogP contribution in [0.1, 0.15) is 25.7 Å². The van der Waals surface area contributed by atoms with E-state index < -0.39 is 0 Å². The zero-order chi connectivity index (χ0) is 6.97. The molecule has 0 spiro atoms. The van der Waals surface area contributed by atoms with Gasteiger partial charge in [0.15, 0.2) is 5.78 Å². The van der Waals surface area contributed by atoms with Crippen molar-refractivity contribution >= 4 is 5.78 Å². The van der Waals surface area contributed by atoms with Crippen molar-refractivity contribution in [3.63, 3.8) is 0 Å². The lowest BCUT2D eigenvalue weighted by Gasteiger charge is -2.22. The highest BCUT2D eigenvalue weighted by molar-refractivity contribution is 5.85. The summed E-state index contributed by atoms with van der Waals surface area (Å²) in [5.74, 6) is 0.832. The van der Waals surface area contributed by atoms with Crippen molar-refractivity contribution in [2.24, 2.45) is 5.92 Å². The minimum atomic E-state index is 0.383. The zero-order valence-electron chi connectivity index (χ0n) is 6.10. The molecule has 1 aliphatic carbocycles. The second-order valence-electron chi connectivity index (χ2n) is 3.34. The van der Waals surface area contributed by atoms with Gasteiger partial charge in [0, 0.05) is 12.0 Å². The van der Waals surface area contributed by atoms with Crippen LogP contribution in [0.3, 0.4) is 0 Å². The lowest BCUT2D eigenvalue weighted by Crippen LogP contribution is -2.30. The maximum Gasteiger partial charge on any atom is 0.151 e. The van der Waals surface area contributed by atoms with Gasteiger partial charge in [0.25, 0.3) is 0 Å². The van der Waals surface area contributed by atoms with Gasteiger partial charge in [0.05, 0.1) is 6.54 Å². The van der Waals surface area contributed by atoms with Crippen LogP contribution < -0.4 is 5.32 Å². The normalized spacial score (nSPS) is 39.8. The van der Waals surface area contributed by atoms with E-state index in [1.807, 2.05) is 0 Å². The number of ketones is 1. The molecule has 10 heavy (non-hydrogen) atoms. The fourth-order valence-corrected chi connectivity index (χ4v) is 2.12. The molecule has 1 aliphatic heterocycles. The Hall–Kier alpha value is -0.370. The topological polar surface area (TPSA) is 29.1 Å². The zero-order valence-corrected chi connectivity index (χ0v) is 6.10. The molecule has 2 nitrogen and oxygen atoms in total. The third kappa shape index (κ3) is 0.870. The first-order valence-corrected chi connectivity index (χ1v) is 4.14. The number of hydrogen-bond acceptors (Lipinski definition) is 2. The van der Waals surface area contributed by atoms with E-state index >= 15 is 0 Å². The molecule has 0 amide bonds. The van der Waals surface area contributed by atoms with Crippen molar-refractivity contribution in [1.82, 2.24) is 5.32 Å². The summed E-state index contributed by atoms with van der Waals surface area (Å²) in [5.41, 5.74) is 0. The monoisotopic (exact) mass is 139 g/mol. The second-order valence-corrected chi connectivity index (χ2v) is 3.34. The summed E-state index contributed by atoms with van der Waals surface area (Å²) in [5, 5.41) is 3.26. The number of carbonyl (C=O) groups excluding carboxylic acids is 1. The minimum Gasteiger partial charge on any atom is -0.306 e. The summed E-state index contributed by atoms with van der Waals surface area (Å²) < 4.78 is 0. The van der Waals surface area contributed by atoms with Gasteiger partial charge in [-0.15, -0.1) is 0 Å². The van der Waals surface area contributed by atoms with E-state index in [0.717, 1.165) is 6.42 Å². The van der Waals surface area contributed by atoms with E-state index in [0.29, 0.717) is 24.3 Å². The third-order valence-corrected chi connectivity index (χ3v) is 2.72. The maximum atomic E-state index is 11.1. The molecule has 2 unspecified atom stereocenters. The van der Waals surface area contributed by atoms with Gasteiger partial charge in [0.2, 0.25) is 0 Å². The molecule has 0 aromatic carbocycles. The van der Waals surface area contributed by atoms with Crippen LogP contribution in [0.25, 0.3) is 0 Å². The Morgan fingerprint density at radius 3 is 2.90 bits per heavy atom. The van der Waals surface area contributed by atoms with E-state index in [1.54, 1.807) is 0 Å². The van der Waals surface area contributed by atoms with Gasteiger partial charge in [-0.3, -0.25) is 4.79 Å². The highest BCUT2D eigenvalue weighted by atomic mass is 16.1. The van der Waals surface area contributed by atoms with Crippen LogP contribution in [0, 0.1) is 5.92 Å². The summed E-state index contributed by atoms with van der Waals surface area (Å²) in [6.45, 7) is 0.634. The summed E-state index contributed by atoms with van der Waals surface area (Å²) in [6.07, 6.45) is 4.92. The summed E-state index contributed by atoms with van der Waals surface area (Å²) in [6, 6.07) is 0.543. The molecule has 1 saturated heterocycles. The Morgan fingerprint density at radius 2 is 2.10 bits per heavy atom. The summed E-state index contributed by atoms with van der Waals surface area (Å²) >= 11 is 0. The molecular formula is C8H13NO. The van der Waals surface area contributed by atoms with Crippen molar-refractivity contribution < 1.29 is 4.79 Å². The van der Waals surface area contributed by atoms with Crippen molar-refractivity contribution in [3.05, 3.63) is 0 Å². The Balaban J connectivity index is 2.08. The van der Waals surface area contributed by atoms with Crippen molar-refractivity contribution in [3.8, 4) is 0 Å². The molecule has 1 heterocycles. The Kier molecular flexibility index (Phi) is 1.49. The Labute approximate surface area is 61.0 Å². The van der Waals surface area contributed by atoms with E-state index in [9.17, 15) is 4.79 Å². The SMILES string of the molecule is O=C1CNC2CCCCC12. The predicted molar refractivity (Wildman–Crippen MR) is 38.8 cm³/mol. The van der Waals surface area contributed by atoms with Crippen LogP contribution >= 0.6 is 0 Å². The smallest absolute Gasteiger partial charge is 0.151 e. The van der Waals surface area contributed by atoms with Gasteiger partial charge < -0.3 is 5.32 Å². The lowest BCUT2D eigenvalue weighted by molar-refractivity contribution is -0.120. The standard InChI is InChI=1S/C8H13NO/c10-8-5-9-7-4-2-1-3-6(7)8/h6-7,9H,1-5H2. The van der Waals surface area contributed by atoms with Gasteiger partial charge in [-0.25, -0.2) is 0 Å². The lowest BCUT2D eigenvalue weighted by atomic mass is 9.85.